The van der Waals surface area contributed by atoms with Crippen LogP contribution in [-0.4, -0.2) is 41.3 Å². The minimum Gasteiger partial charge on any atom is -0.484 e. The standard InChI is InChI=1S/C23H23ClFN3O3S/c24-16-7-6-15(8-17(16)25)31-9-19(29)27-22-11-23(12-22,13-22)28-20(30)18-10-32-21(26-18)14-4-2-1-3-5-14/h1-8,18,21,26H,9-13H2,(H,27,29)(H,28,30). The van der Waals surface area contributed by atoms with Gasteiger partial charge in [0, 0.05) is 22.9 Å². The first kappa shape index (κ1) is 21.6. The Kier molecular flexibility index (Phi) is 5.55. The zero-order valence-electron chi connectivity index (χ0n) is 17.2. The van der Waals surface area contributed by atoms with Gasteiger partial charge in [-0.15, -0.1) is 11.8 Å². The zero-order chi connectivity index (χ0) is 22.3. The fourth-order valence-electron chi connectivity index (χ4n) is 4.89. The number of ether oxygens (including phenoxy) is 1. The second-order valence-electron chi connectivity index (χ2n) is 8.84. The van der Waals surface area contributed by atoms with E-state index in [1.165, 1.54) is 17.7 Å². The lowest BCUT2D eigenvalue weighted by atomic mass is 9.44. The predicted molar refractivity (Wildman–Crippen MR) is 121 cm³/mol. The molecule has 3 N–H and O–H groups in total. The third-order valence-electron chi connectivity index (χ3n) is 6.29. The van der Waals surface area contributed by atoms with Crippen LogP contribution in [0.25, 0.3) is 0 Å². The maximum absolute atomic E-state index is 13.5. The molecule has 1 saturated heterocycles. The number of halogens is 2. The highest BCUT2D eigenvalue weighted by molar-refractivity contribution is 7.99. The Balaban J connectivity index is 1.06. The van der Waals surface area contributed by atoms with E-state index in [0.717, 1.165) is 31.1 Å². The monoisotopic (exact) mass is 475 g/mol. The van der Waals surface area contributed by atoms with Crippen LogP contribution in [0.4, 0.5) is 4.39 Å². The summed E-state index contributed by atoms with van der Waals surface area (Å²) in [5.74, 6) is 0.139. The van der Waals surface area contributed by atoms with Crippen LogP contribution in [0.3, 0.4) is 0 Å². The van der Waals surface area contributed by atoms with Crippen LogP contribution in [0.2, 0.25) is 5.02 Å². The molecule has 2 bridgehead atoms. The van der Waals surface area contributed by atoms with E-state index in [1.807, 2.05) is 18.2 Å². The number of hydrogen-bond donors (Lipinski definition) is 3. The second-order valence-corrected chi connectivity index (χ2v) is 10.4. The van der Waals surface area contributed by atoms with Gasteiger partial charge in [0.1, 0.15) is 11.6 Å². The van der Waals surface area contributed by atoms with E-state index >= 15 is 0 Å². The molecule has 3 aliphatic carbocycles. The molecule has 3 saturated carbocycles. The van der Waals surface area contributed by atoms with Gasteiger partial charge in [0.15, 0.2) is 6.61 Å². The van der Waals surface area contributed by atoms with E-state index in [4.69, 9.17) is 16.3 Å². The van der Waals surface area contributed by atoms with Crippen molar-refractivity contribution in [2.24, 2.45) is 0 Å². The molecule has 1 aliphatic heterocycles. The highest BCUT2D eigenvalue weighted by Crippen LogP contribution is 2.60. The first-order valence-electron chi connectivity index (χ1n) is 10.5. The van der Waals surface area contributed by atoms with Crippen LogP contribution < -0.4 is 20.7 Å². The summed E-state index contributed by atoms with van der Waals surface area (Å²) in [4.78, 5) is 25.0. The SMILES string of the molecule is O=C(COc1ccc(Cl)c(F)c1)NC12CC(NC(=O)C3CSC(c4ccccc4)N3)(C1)C2. The number of nitrogens with one attached hydrogen (secondary N) is 3. The molecular formula is C23H23ClFN3O3S. The molecule has 4 fully saturated rings. The molecule has 2 aromatic rings. The topological polar surface area (TPSA) is 79.5 Å². The number of amides is 2. The molecule has 0 radical (unpaired) electrons. The van der Waals surface area contributed by atoms with Crippen molar-refractivity contribution in [2.75, 3.05) is 12.4 Å². The van der Waals surface area contributed by atoms with E-state index in [9.17, 15) is 14.0 Å². The van der Waals surface area contributed by atoms with E-state index in [0.29, 0.717) is 0 Å². The molecule has 2 atom stereocenters. The van der Waals surface area contributed by atoms with E-state index in [2.05, 4.69) is 28.1 Å². The Morgan fingerprint density at radius 2 is 1.84 bits per heavy atom. The van der Waals surface area contributed by atoms with Gasteiger partial charge in [0.2, 0.25) is 5.91 Å². The molecule has 6 rings (SSSR count). The largest absolute Gasteiger partial charge is 0.484 e. The molecule has 2 unspecified atom stereocenters. The van der Waals surface area contributed by atoms with Crippen LogP contribution in [0.15, 0.2) is 48.5 Å². The van der Waals surface area contributed by atoms with E-state index < -0.39 is 5.82 Å². The molecule has 0 spiro atoms. The van der Waals surface area contributed by atoms with Crippen molar-refractivity contribution in [3.05, 3.63) is 64.9 Å². The average Bonchev–Trinajstić information content (AvgIpc) is 3.23. The normalized spacial score (nSPS) is 30.1. The van der Waals surface area contributed by atoms with E-state index in [1.54, 1.807) is 11.8 Å². The van der Waals surface area contributed by atoms with Crippen molar-refractivity contribution in [3.63, 3.8) is 0 Å². The molecule has 1 heterocycles. The van der Waals surface area contributed by atoms with Gasteiger partial charge in [-0.25, -0.2) is 4.39 Å². The van der Waals surface area contributed by atoms with Gasteiger partial charge in [-0.3, -0.25) is 14.9 Å². The summed E-state index contributed by atoms with van der Waals surface area (Å²) in [5, 5.41) is 9.72. The van der Waals surface area contributed by atoms with Crippen molar-refractivity contribution in [3.8, 4) is 5.75 Å². The Bertz CT molecular complexity index is 1030. The number of hydrogen-bond acceptors (Lipinski definition) is 5. The van der Waals surface area contributed by atoms with Gasteiger partial charge in [0.05, 0.1) is 16.4 Å². The van der Waals surface area contributed by atoms with Crippen LogP contribution >= 0.6 is 23.4 Å². The zero-order valence-corrected chi connectivity index (χ0v) is 18.8. The van der Waals surface area contributed by atoms with Gasteiger partial charge >= 0.3 is 0 Å². The molecule has 2 aromatic carbocycles. The Morgan fingerprint density at radius 3 is 2.56 bits per heavy atom. The second kappa shape index (κ2) is 8.24. The number of thioether (sulfide) groups is 1. The minimum atomic E-state index is -0.591. The van der Waals surface area contributed by atoms with Gasteiger partial charge in [-0.2, -0.15) is 0 Å². The summed E-state index contributed by atoms with van der Waals surface area (Å²) in [7, 11) is 0. The molecule has 4 aliphatic rings. The summed E-state index contributed by atoms with van der Waals surface area (Å²) in [6.45, 7) is -0.202. The van der Waals surface area contributed by atoms with E-state index in [-0.39, 0.29) is 51.7 Å². The molecular weight excluding hydrogens is 453 g/mol. The predicted octanol–water partition coefficient (Wildman–Crippen LogP) is 3.17. The van der Waals surface area contributed by atoms with Crippen molar-refractivity contribution < 1.29 is 18.7 Å². The Morgan fingerprint density at radius 1 is 1.12 bits per heavy atom. The van der Waals surface area contributed by atoms with Gasteiger partial charge < -0.3 is 15.4 Å². The first-order valence-corrected chi connectivity index (χ1v) is 11.9. The minimum absolute atomic E-state index is 0.00463. The Hall–Kier alpha value is -2.29. The summed E-state index contributed by atoms with van der Waals surface area (Å²) < 4.78 is 18.8. The summed E-state index contributed by atoms with van der Waals surface area (Å²) in [6.07, 6.45) is 2.15. The van der Waals surface area contributed by atoms with Crippen molar-refractivity contribution in [2.45, 2.75) is 41.8 Å². The van der Waals surface area contributed by atoms with Gasteiger partial charge in [-0.05, 0) is 37.0 Å². The van der Waals surface area contributed by atoms with Crippen molar-refractivity contribution in [1.82, 2.24) is 16.0 Å². The smallest absolute Gasteiger partial charge is 0.258 e. The Labute approximate surface area is 194 Å². The quantitative estimate of drug-likeness (QED) is 0.573. The highest BCUT2D eigenvalue weighted by atomic mass is 35.5. The molecule has 9 heteroatoms. The van der Waals surface area contributed by atoms with Crippen LogP contribution in [0, 0.1) is 5.82 Å². The van der Waals surface area contributed by atoms with Crippen LogP contribution in [0.5, 0.6) is 5.75 Å². The summed E-state index contributed by atoms with van der Waals surface area (Å²) >= 11 is 7.38. The third kappa shape index (κ3) is 4.19. The number of carbonyl (C=O) groups excluding carboxylic acids is 2. The fraction of sp³-hybridized carbons (Fsp3) is 0.391. The lowest BCUT2D eigenvalue weighted by Crippen LogP contribution is -2.84. The average molecular weight is 476 g/mol. The molecule has 168 valence electrons. The highest BCUT2D eigenvalue weighted by Gasteiger charge is 2.69. The van der Waals surface area contributed by atoms with Crippen molar-refractivity contribution >= 4 is 35.2 Å². The molecule has 6 nitrogen and oxygen atoms in total. The number of carbonyl (C=O) groups is 2. The number of rotatable bonds is 7. The number of benzene rings is 2. The van der Waals surface area contributed by atoms with Crippen LogP contribution in [0.1, 0.15) is 30.2 Å². The molecule has 0 aromatic heterocycles. The maximum Gasteiger partial charge on any atom is 0.258 e. The first-order chi connectivity index (χ1) is 15.4. The lowest BCUT2D eigenvalue weighted by molar-refractivity contribution is -0.151. The maximum atomic E-state index is 13.5. The van der Waals surface area contributed by atoms with Gasteiger partial charge in [0.25, 0.3) is 5.91 Å². The summed E-state index contributed by atoms with van der Waals surface area (Å²) in [5.41, 5.74) is 0.675. The lowest BCUT2D eigenvalue weighted by Gasteiger charge is -2.70. The fourth-order valence-corrected chi connectivity index (χ4v) is 6.25. The van der Waals surface area contributed by atoms with Gasteiger partial charge in [-0.1, -0.05) is 41.9 Å². The third-order valence-corrected chi connectivity index (χ3v) is 7.86. The molecule has 2 amide bonds. The van der Waals surface area contributed by atoms with Crippen LogP contribution in [-0.2, 0) is 9.59 Å². The van der Waals surface area contributed by atoms with Crippen molar-refractivity contribution in [1.29, 1.82) is 0 Å². The molecule has 32 heavy (non-hydrogen) atoms. The summed E-state index contributed by atoms with van der Waals surface area (Å²) in [6, 6.07) is 13.9.